The molecule has 1 N–H and O–H groups in total. The van der Waals surface area contributed by atoms with E-state index in [2.05, 4.69) is 9.97 Å². The third-order valence-electron chi connectivity index (χ3n) is 3.09. The highest BCUT2D eigenvalue weighted by Crippen LogP contribution is 2.28. The van der Waals surface area contributed by atoms with Crippen LogP contribution in [-0.4, -0.2) is 21.0 Å². The smallest absolute Gasteiger partial charge is 0.335 e. The summed E-state index contributed by atoms with van der Waals surface area (Å²) in [5.74, 6) is -0.917. The number of fused-ring (bicyclic) bond motifs is 1. The zero-order valence-electron chi connectivity index (χ0n) is 11.3. The monoisotopic (exact) mass is 296 g/mol. The number of rotatable bonds is 3. The van der Waals surface area contributed by atoms with E-state index < -0.39 is 5.97 Å². The van der Waals surface area contributed by atoms with Crippen LogP contribution in [0.1, 0.15) is 15.9 Å². The minimum absolute atomic E-state index is 0.314. The van der Waals surface area contributed by atoms with E-state index >= 15 is 0 Å². The van der Waals surface area contributed by atoms with E-state index in [0.29, 0.717) is 5.56 Å². The topological polar surface area (TPSA) is 63.1 Å². The van der Waals surface area contributed by atoms with Crippen molar-refractivity contribution in [2.24, 2.45) is 0 Å². The van der Waals surface area contributed by atoms with E-state index in [1.54, 1.807) is 25.3 Å². The van der Waals surface area contributed by atoms with Gasteiger partial charge in [0.25, 0.3) is 0 Å². The first-order chi connectivity index (χ1) is 10.1. The van der Waals surface area contributed by atoms with Crippen molar-refractivity contribution in [2.45, 2.75) is 16.8 Å². The highest BCUT2D eigenvalue weighted by atomic mass is 32.2. The molecule has 0 aliphatic rings. The lowest BCUT2D eigenvalue weighted by atomic mass is 10.1. The summed E-state index contributed by atoms with van der Waals surface area (Å²) in [6.07, 6.45) is 1.70. The first kappa shape index (κ1) is 13.6. The highest BCUT2D eigenvalue weighted by Gasteiger charge is 2.09. The summed E-state index contributed by atoms with van der Waals surface area (Å²) in [5.41, 5.74) is 2.73. The Balaban J connectivity index is 1.94. The molecule has 0 radical (unpaired) electrons. The molecular weight excluding hydrogens is 284 g/mol. The van der Waals surface area contributed by atoms with Crippen molar-refractivity contribution in [1.29, 1.82) is 0 Å². The highest BCUT2D eigenvalue weighted by molar-refractivity contribution is 7.99. The lowest BCUT2D eigenvalue weighted by Crippen LogP contribution is -1.99. The number of carbonyl (C=O) groups is 1. The van der Waals surface area contributed by atoms with Gasteiger partial charge in [-0.05, 0) is 36.8 Å². The van der Waals surface area contributed by atoms with E-state index in [0.717, 1.165) is 26.5 Å². The van der Waals surface area contributed by atoms with Gasteiger partial charge in [0.05, 0.1) is 22.8 Å². The molecule has 0 saturated heterocycles. The Hall–Kier alpha value is -2.40. The molecule has 0 unspecified atom stereocenters. The fraction of sp³-hybridized carbons (Fsp3) is 0.0625. The second kappa shape index (κ2) is 5.54. The molecule has 0 amide bonds. The van der Waals surface area contributed by atoms with E-state index in [1.807, 2.05) is 30.3 Å². The lowest BCUT2D eigenvalue weighted by molar-refractivity contribution is 0.0696. The van der Waals surface area contributed by atoms with Crippen LogP contribution >= 0.6 is 11.8 Å². The number of benzene rings is 2. The molecule has 0 bridgehead atoms. The molecule has 0 atom stereocenters. The predicted octanol–water partition coefficient (Wildman–Crippen LogP) is 3.79. The first-order valence-corrected chi connectivity index (χ1v) is 7.19. The molecule has 0 fully saturated rings. The van der Waals surface area contributed by atoms with Crippen LogP contribution in [0.5, 0.6) is 0 Å². The number of carboxylic acids is 1. The Kier molecular flexibility index (Phi) is 3.58. The molecule has 1 aromatic heterocycles. The number of aryl methyl sites for hydroxylation is 1. The fourth-order valence-electron chi connectivity index (χ4n) is 2.01. The van der Waals surface area contributed by atoms with Crippen LogP contribution < -0.4 is 0 Å². The van der Waals surface area contributed by atoms with Crippen LogP contribution in [0.2, 0.25) is 0 Å². The van der Waals surface area contributed by atoms with Crippen LogP contribution in [-0.2, 0) is 0 Å². The van der Waals surface area contributed by atoms with Crippen molar-refractivity contribution in [2.75, 3.05) is 0 Å². The predicted molar refractivity (Wildman–Crippen MR) is 81.8 cm³/mol. The molecule has 0 spiro atoms. The van der Waals surface area contributed by atoms with Crippen molar-refractivity contribution < 1.29 is 9.90 Å². The summed E-state index contributed by atoms with van der Waals surface area (Å²) in [6.45, 7) is 1.79. The van der Waals surface area contributed by atoms with Gasteiger partial charge in [-0.1, -0.05) is 30.0 Å². The molecule has 3 rings (SSSR count). The van der Waals surface area contributed by atoms with Gasteiger partial charge in [0.1, 0.15) is 5.03 Å². The maximum Gasteiger partial charge on any atom is 0.335 e. The molecule has 1 heterocycles. The number of hydrogen-bond donors (Lipinski definition) is 1. The largest absolute Gasteiger partial charge is 0.478 e. The molecule has 4 nitrogen and oxygen atoms in total. The van der Waals surface area contributed by atoms with Gasteiger partial charge in [0.2, 0.25) is 0 Å². The van der Waals surface area contributed by atoms with Crippen LogP contribution in [0.15, 0.2) is 58.6 Å². The van der Waals surface area contributed by atoms with Crippen LogP contribution in [0.3, 0.4) is 0 Å². The van der Waals surface area contributed by atoms with Gasteiger partial charge in [0, 0.05) is 4.90 Å². The second-order valence-electron chi connectivity index (χ2n) is 4.58. The summed E-state index contributed by atoms with van der Waals surface area (Å²) in [4.78, 5) is 20.9. The fourth-order valence-corrected chi connectivity index (χ4v) is 2.81. The van der Waals surface area contributed by atoms with Crippen molar-refractivity contribution >= 4 is 28.8 Å². The molecule has 21 heavy (non-hydrogen) atoms. The summed E-state index contributed by atoms with van der Waals surface area (Å²) in [6, 6.07) is 13.0. The Bertz CT molecular complexity index is 833. The van der Waals surface area contributed by atoms with Crippen molar-refractivity contribution in [1.82, 2.24) is 9.97 Å². The standard InChI is InChI=1S/C16H12N2O2S/c1-10-6-7-11(8-12(10)16(19)20)21-15-9-17-13-4-2-3-5-14(13)18-15/h2-9H,1H3,(H,19,20). The number of nitrogens with zero attached hydrogens (tertiary/aromatic N) is 2. The number of para-hydroxylation sites is 2. The summed E-state index contributed by atoms with van der Waals surface area (Å²) >= 11 is 1.41. The number of aromatic carboxylic acids is 1. The average molecular weight is 296 g/mol. The molecule has 0 aliphatic carbocycles. The third kappa shape index (κ3) is 2.87. The van der Waals surface area contributed by atoms with E-state index in [4.69, 9.17) is 5.11 Å². The zero-order valence-corrected chi connectivity index (χ0v) is 12.1. The second-order valence-corrected chi connectivity index (χ2v) is 5.67. The molecule has 104 valence electrons. The van der Waals surface area contributed by atoms with Gasteiger partial charge >= 0.3 is 5.97 Å². The Labute approximate surface area is 125 Å². The normalized spacial score (nSPS) is 10.7. The number of carboxylic acid groups (broad SMARTS) is 1. The zero-order chi connectivity index (χ0) is 14.8. The SMILES string of the molecule is Cc1ccc(Sc2cnc3ccccc3n2)cc1C(=O)O. The van der Waals surface area contributed by atoms with Gasteiger partial charge in [0.15, 0.2) is 0 Å². The summed E-state index contributed by atoms with van der Waals surface area (Å²) in [5, 5.41) is 9.90. The van der Waals surface area contributed by atoms with Crippen molar-refractivity contribution in [3.8, 4) is 0 Å². The molecule has 0 saturated carbocycles. The summed E-state index contributed by atoms with van der Waals surface area (Å²) in [7, 11) is 0. The van der Waals surface area contributed by atoms with Gasteiger partial charge in [-0.2, -0.15) is 0 Å². The molecule has 3 aromatic rings. The lowest BCUT2D eigenvalue weighted by Gasteiger charge is -2.05. The Morgan fingerprint density at radius 1 is 1.14 bits per heavy atom. The maximum atomic E-state index is 11.2. The quantitative estimate of drug-likeness (QED) is 0.796. The van der Waals surface area contributed by atoms with Gasteiger partial charge < -0.3 is 5.11 Å². The van der Waals surface area contributed by atoms with Gasteiger partial charge in [-0.3, -0.25) is 4.98 Å². The number of aromatic nitrogens is 2. The van der Waals surface area contributed by atoms with Crippen LogP contribution in [0.25, 0.3) is 11.0 Å². The third-order valence-corrected chi connectivity index (χ3v) is 3.98. The molecule has 2 aromatic carbocycles. The van der Waals surface area contributed by atoms with Crippen molar-refractivity contribution in [3.05, 3.63) is 59.8 Å². The molecular formula is C16H12N2O2S. The minimum atomic E-state index is -0.917. The molecule has 5 heteroatoms. The minimum Gasteiger partial charge on any atom is -0.478 e. The number of hydrogen-bond acceptors (Lipinski definition) is 4. The van der Waals surface area contributed by atoms with E-state index in [-0.39, 0.29) is 0 Å². The van der Waals surface area contributed by atoms with Crippen LogP contribution in [0.4, 0.5) is 0 Å². The average Bonchev–Trinajstić information content (AvgIpc) is 2.49. The van der Waals surface area contributed by atoms with E-state index in [1.165, 1.54) is 11.8 Å². The van der Waals surface area contributed by atoms with Crippen LogP contribution in [0, 0.1) is 6.92 Å². The van der Waals surface area contributed by atoms with Gasteiger partial charge in [-0.25, -0.2) is 9.78 Å². The summed E-state index contributed by atoms with van der Waals surface area (Å²) < 4.78 is 0. The van der Waals surface area contributed by atoms with E-state index in [9.17, 15) is 4.79 Å². The maximum absolute atomic E-state index is 11.2. The Morgan fingerprint density at radius 3 is 2.67 bits per heavy atom. The Morgan fingerprint density at radius 2 is 1.90 bits per heavy atom. The van der Waals surface area contributed by atoms with Crippen molar-refractivity contribution in [3.63, 3.8) is 0 Å². The molecule has 0 aliphatic heterocycles. The van der Waals surface area contributed by atoms with Gasteiger partial charge in [-0.15, -0.1) is 0 Å². The first-order valence-electron chi connectivity index (χ1n) is 6.37.